The van der Waals surface area contributed by atoms with Crippen LogP contribution in [0.25, 0.3) is 0 Å². The molecule has 0 rings (SSSR count). The van der Waals surface area contributed by atoms with Crippen molar-refractivity contribution in [2.75, 3.05) is 39.4 Å². The van der Waals surface area contributed by atoms with Crippen LogP contribution in [0.15, 0.2) is 0 Å². The van der Waals surface area contributed by atoms with Gasteiger partial charge in [-0.05, 0) is 39.0 Å². The van der Waals surface area contributed by atoms with E-state index < -0.39 is 0 Å². The van der Waals surface area contributed by atoms with E-state index in [9.17, 15) is 0 Å². The van der Waals surface area contributed by atoms with Gasteiger partial charge in [-0.3, -0.25) is 0 Å². The maximum atomic E-state index is 8.25. The molecule has 124 valence electrons. The van der Waals surface area contributed by atoms with Crippen molar-refractivity contribution in [3.8, 4) is 0 Å². The molecule has 0 bridgehead atoms. The van der Waals surface area contributed by atoms with Gasteiger partial charge in [0.2, 0.25) is 0 Å². The topological polar surface area (TPSA) is 162 Å². The van der Waals surface area contributed by atoms with Gasteiger partial charge in [-0.25, -0.2) is 0 Å². The normalized spacial score (nSPS) is 7.50. The maximum absolute atomic E-state index is 8.25. The van der Waals surface area contributed by atoms with E-state index in [0.29, 0.717) is 26.2 Å². The summed E-state index contributed by atoms with van der Waals surface area (Å²) >= 11 is 0.750. The molecule has 0 aliphatic carbocycles. The minimum absolute atomic E-state index is 0.219. The molecule has 0 spiro atoms. The zero-order chi connectivity index (χ0) is 17.1. The standard InChI is InChI=1S/2C3H9NO.2C3H8N.O.Ti/c2*4-2-1-3-5;2*1-2-3-4;;/h2*5H,1-4H2;2*1-4H2;;/q;;2*-1;;+2. The summed E-state index contributed by atoms with van der Waals surface area (Å²) in [6.45, 7) is 10.0. The third-order valence-corrected chi connectivity index (χ3v) is 1.13. The summed E-state index contributed by atoms with van der Waals surface area (Å²) in [5.74, 6) is 0. The molecule has 0 atom stereocenters. The minimum atomic E-state index is 0.219. The second-order valence-electron chi connectivity index (χ2n) is 3.02. The fourth-order valence-corrected chi connectivity index (χ4v) is 0.183. The number of hydrogen-bond donors (Lipinski definition) is 6. The Hall–Kier alpha value is 0.274. The van der Waals surface area contributed by atoms with Crippen LogP contribution in [0.3, 0.4) is 0 Å². The van der Waals surface area contributed by atoms with E-state index in [2.05, 4.69) is 13.8 Å². The molecule has 7 nitrogen and oxygen atoms in total. The summed E-state index contributed by atoms with van der Waals surface area (Å²) in [6, 6.07) is 0. The molecular formula is C12H34N4O3Ti. The van der Waals surface area contributed by atoms with Gasteiger partial charge >= 0.3 is 23.7 Å². The first-order valence-corrected chi connectivity index (χ1v) is 7.11. The summed E-state index contributed by atoms with van der Waals surface area (Å²) < 4.78 is 8.25. The van der Waals surface area contributed by atoms with Crippen molar-refractivity contribution >= 4 is 0 Å². The molecule has 8 heteroatoms. The first-order valence-electron chi connectivity index (χ1n) is 6.47. The van der Waals surface area contributed by atoms with E-state index in [1.54, 1.807) is 0 Å². The Morgan fingerprint density at radius 1 is 0.700 bits per heavy atom. The van der Waals surface area contributed by atoms with Crippen LogP contribution in [0.5, 0.6) is 0 Å². The zero-order valence-electron chi connectivity index (χ0n) is 12.6. The number of rotatable bonds is 6. The molecule has 10 N–H and O–H groups in total. The summed E-state index contributed by atoms with van der Waals surface area (Å²) in [5, 5.41) is 16.0. The Morgan fingerprint density at radius 2 is 0.900 bits per heavy atom. The average molecular weight is 330 g/mol. The predicted molar refractivity (Wildman–Crippen MR) is 80.3 cm³/mol. The molecule has 0 heterocycles. The van der Waals surface area contributed by atoms with E-state index >= 15 is 0 Å². The molecule has 0 radical (unpaired) electrons. The second kappa shape index (κ2) is 61.0. The summed E-state index contributed by atoms with van der Waals surface area (Å²) in [5.41, 5.74) is 19.9. The Bertz CT molecular complexity index is 88.8. The average Bonchev–Trinajstić information content (AvgIpc) is 2.52. The van der Waals surface area contributed by atoms with Gasteiger partial charge in [-0.2, -0.15) is 12.8 Å². The molecule has 0 aromatic rings. The van der Waals surface area contributed by atoms with Gasteiger partial charge in [0.25, 0.3) is 0 Å². The van der Waals surface area contributed by atoms with Gasteiger partial charge in [0.15, 0.2) is 0 Å². The van der Waals surface area contributed by atoms with Crippen LogP contribution >= 0.6 is 0 Å². The van der Waals surface area contributed by atoms with E-state index in [0.717, 1.165) is 46.1 Å². The van der Waals surface area contributed by atoms with Crippen molar-refractivity contribution in [3.05, 3.63) is 13.8 Å². The number of hydrogen-bond acceptors (Lipinski definition) is 7. The van der Waals surface area contributed by atoms with Crippen molar-refractivity contribution in [2.45, 2.75) is 25.7 Å². The molecule has 20 heavy (non-hydrogen) atoms. The Kier molecular flexibility index (Phi) is 98.4. The van der Waals surface area contributed by atoms with Crippen molar-refractivity contribution in [1.82, 2.24) is 0 Å². The van der Waals surface area contributed by atoms with Crippen LogP contribution in [0, 0.1) is 13.8 Å². The monoisotopic (exact) mass is 330 g/mol. The van der Waals surface area contributed by atoms with Crippen LogP contribution in [0.2, 0.25) is 0 Å². The SMILES string of the molecule is NCCCO.NCCCO.[CH2-]CCN.[CH2-]CCN.[O]=[Ti+2]. The van der Waals surface area contributed by atoms with Gasteiger partial charge in [0, 0.05) is 13.2 Å². The summed E-state index contributed by atoms with van der Waals surface area (Å²) in [6.07, 6.45) is 3.14. The van der Waals surface area contributed by atoms with Crippen LogP contribution in [-0.2, 0) is 23.7 Å². The number of nitrogens with two attached hydrogens (primary N) is 4. The van der Waals surface area contributed by atoms with Crippen molar-refractivity contribution in [2.24, 2.45) is 22.9 Å². The first kappa shape index (κ1) is 32.3. The van der Waals surface area contributed by atoms with E-state index in [-0.39, 0.29) is 13.2 Å². The summed E-state index contributed by atoms with van der Waals surface area (Å²) in [4.78, 5) is 0. The molecule has 0 saturated carbocycles. The zero-order valence-corrected chi connectivity index (χ0v) is 14.2. The number of aliphatic hydroxyl groups is 2. The van der Waals surface area contributed by atoms with E-state index in [4.69, 9.17) is 36.5 Å². The molecule has 0 saturated heterocycles. The third kappa shape index (κ3) is 139. The molecule has 0 amide bonds. The van der Waals surface area contributed by atoms with Crippen LogP contribution in [0.1, 0.15) is 25.7 Å². The second-order valence-corrected chi connectivity index (χ2v) is 3.02. The van der Waals surface area contributed by atoms with Crippen molar-refractivity contribution in [3.63, 3.8) is 0 Å². The fourth-order valence-electron chi connectivity index (χ4n) is 0.183. The van der Waals surface area contributed by atoms with Gasteiger partial charge < -0.3 is 47.0 Å². The quantitative estimate of drug-likeness (QED) is 0.265. The Morgan fingerprint density at radius 3 is 0.900 bits per heavy atom. The summed E-state index contributed by atoms with van der Waals surface area (Å²) in [7, 11) is 0. The van der Waals surface area contributed by atoms with Crippen molar-refractivity contribution in [1.29, 1.82) is 0 Å². The van der Waals surface area contributed by atoms with Gasteiger partial charge in [0.1, 0.15) is 0 Å². The van der Waals surface area contributed by atoms with Crippen molar-refractivity contribution < 1.29 is 33.9 Å². The van der Waals surface area contributed by atoms with Crippen LogP contribution < -0.4 is 22.9 Å². The molecule has 0 aromatic heterocycles. The van der Waals surface area contributed by atoms with E-state index in [1.165, 1.54) is 0 Å². The fraction of sp³-hybridized carbons (Fsp3) is 0.833. The van der Waals surface area contributed by atoms with E-state index in [1.807, 2.05) is 0 Å². The van der Waals surface area contributed by atoms with Gasteiger partial charge in [0.05, 0.1) is 0 Å². The van der Waals surface area contributed by atoms with Crippen LogP contribution in [-0.4, -0.2) is 49.6 Å². The molecule has 0 aliphatic heterocycles. The molecule has 0 unspecified atom stereocenters. The Balaban J connectivity index is -0.0000000482. The molecule has 0 aromatic carbocycles. The van der Waals surface area contributed by atoms with Crippen LogP contribution in [0.4, 0.5) is 0 Å². The first-order chi connectivity index (χ1) is 9.66. The predicted octanol–water partition coefficient (Wildman–Crippen LogP) is -1.13. The van der Waals surface area contributed by atoms with Gasteiger partial charge in [-0.1, -0.05) is 0 Å². The molecule has 0 fully saturated rings. The third-order valence-electron chi connectivity index (χ3n) is 1.13. The Labute approximate surface area is 136 Å². The number of aliphatic hydroxyl groups excluding tert-OH is 2. The molecular weight excluding hydrogens is 296 g/mol. The molecule has 0 aliphatic rings. The van der Waals surface area contributed by atoms with Gasteiger partial charge in [-0.15, -0.1) is 0 Å².